The van der Waals surface area contributed by atoms with Crippen LogP contribution in [0.5, 0.6) is 0 Å². The molecule has 3 nitrogen and oxygen atoms in total. The number of nitrogens with one attached hydrogen (secondary N) is 3. The van der Waals surface area contributed by atoms with Crippen LogP contribution in [0, 0.1) is 17.7 Å². The van der Waals surface area contributed by atoms with E-state index in [1.807, 2.05) is 6.07 Å². The molecule has 1 unspecified atom stereocenters. The van der Waals surface area contributed by atoms with E-state index in [0.717, 1.165) is 48.3 Å². The zero-order valence-electron chi connectivity index (χ0n) is 17.8. The highest BCUT2D eigenvalue weighted by molar-refractivity contribution is 7.78. The van der Waals surface area contributed by atoms with Crippen molar-refractivity contribution in [1.29, 1.82) is 5.41 Å². The van der Waals surface area contributed by atoms with Crippen LogP contribution in [0.3, 0.4) is 0 Å². The number of benzene rings is 2. The van der Waals surface area contributed by atoms with E-state index >= 15 is 0 Å². The quantitative estimate of drug-likeness (QED) is 0.221. The number of hydrogen-bond acceptors (Lipinski definition) is 4. The Morgan fingerprint density at radius 3 is 2.47 bits per heavy atom. The van der Waals surface area contributed by atoms with Gasteiger partial charge in [-0.15, -0.1) is 0 Å². The molecule has 3 N–H and O–H groups in total. The molecule has 1 aliphatic carbocycles. The topological polar surface area (TPSA) is 47.9 Å². The van der Waals surface area contributed by atoms with Crippen molar-refractivity contribution in [2.75, 3.05) is 11.9 Å². The van der Waals surface area contributed by atoms with Gasteiger partial charge in [-0.1, -0.05) is 78.6 Å². The number of rotatable bonds is 9. The highest BCUT2D eigenvalue weighted by atomic mass is 32.1. The summed E-state index contributed by atoms with van der Waals surface area (Å²) in [5, 5.41) is 11.7. The molecule has 0 aliphatic heterocycles. The van der Waals surface area contributed by atoms with Gasteiger partial charge in [0.2, 0.25) is 0 Å². The van der Waals surface area contributed by atoms with E-state index in [-0.39, 0.29) is 5.41 Å². The van der Waals surface area contributed by atoms with Gasteiger partial charge in [0.15, 0.2) is 0 Å². The van der Waals surface area contributed by atoms with E-state index in [0.29, 0.717) is 0 Å². The van der Waals surface area contributed by atoms with Gasteiger partial charge in [-0.2, -0.15) is 0 Å². The summed E-state index contributed by atoms with van der Waals surface area (Å²) in [5.41, 5.74) is 7.77. The van der Waals surface area contributed by atoms with Gasteiger partial charge in [-0.05, 0) is 62.5 Å². The fourth-order valence-corrected chi connectivity index (χ4v) is 4.29. The molecule has 0 spiro atoms. The summed E-state index contributed by atoms with van der Waals surface area (Å²) in [6.07, 6.45) is 6.22. The van der Waals surface area contributed by atoms with Gasteiger partial charge >= 0.3 is 0 Å². The number of hydrogen-bond donors (Lipinski definition) is 4. The van der Waals surface area contributed by atoms with E-state index in [2.05, 4.69) is 97.9 Å². The van der Waals surface area contributed by atoms with Crippen molar-refractivity contribution in [2.45, 2.75) is 33.1 Å². The molecule has 0 amide bonds. The second-order valence-corrected chi connectivity index (χ2v) is 8.42. The standard InChI is InChI=1S/C26H31N3S/c1-19(2)26(16-21-7-5-4-6-8-21)17-22(18-27)25(15-23(26)13-14-28-30)29-24-11-9-20(3)10-12-24/h4-12,15,18,27-30H,1,13-14,16-17H2,2-3H3. The second-order valence-electron chi connectivity index (χ2n) is 8.10. The van der Waals surface area contributed by atoms with Crippen LogP contribution in [-0.2, 0) is 6.42 Å². The van der Waals surface area contributed by atoms with Gasteiger partial charge in [0.25, 0.3) is 0 Å². The van der Waals surface area contributed by atoms with E-state index in [4.69, 9.17) is 5.41 Å². The molecule has 0 fully saturated rings. The van der Waals surface area contributed by atoms with Gasteiger partial charge in [-0.25, -0.2) is 0 Å². The van der Waals surface area contributed by atoms with Crippen LogP contribution in [0.4, 0.5) is 5.69 Å². The minimum atomic E-state index is -0.211. The maximum atomic E-state index is 8.12. The predicted octanol–water partition coefficient (Wildman–Crippen LogP) is 6.27. The molecule has 1 atom stereocenters. The minimum absolute atomic E-state index is 0.211. The highest BCUT2D eigenvalue weighted by Crippen LogP contribution is 2.48. The fourth-order valence-electron chi connectivity index (χ4n) is 4.17. The molecule has 4 heteroatoms. The molecule has 0 heterocycles. The Morgan fingerprint density at radius 2 is 1.87 bits per heavy atom. The summed E-state index contributed by atoms with van der Waals surface area (Å²) in [4.78, 5) is 0. The second kappa shape index (κ2) is 9.96. The van der Waals surface area contributed by atoms with E-state index < -0.39 is 0 Å². The van der Waals surface area contributed by atoms with Crippen LogP contribution < -0.4 is 10.0 Å². The summed E-state index contributed by atoms with van der Waals surface area (Å²) < 4.78 is 2.99. The third kappa shape index (κ3) is 4.94. The number of anilines is 1. The van der Waals surface area contributed by atoms with E-state index in [9.17, 15) is 0 Å². The SMILES string of the molecule is C=C(C)C1(Cc2ccccc2)CC(C=N)=C(Nc2ccc(C)cc2)C=C1CCNS. The lowest BCUT2D eigenvalue weighted by molar-refractivity contribution is 0.406. The van der Waals surface area contributed by atoms with Crippen LogP contribution in [0.15, 0.2) is 89.7 Å². The van der Waals surface area contributed by atoms with Gasteiger partial charge in [0, 0.05) is 29.6 Å². The summed E-state index contributed by atoms with van der Waals surface area (Å²) in [6.45, 7) is 9.37. The average molecular weight is 418 g/mol. The first-order valence-electron chi connectivity index (χ1n) is 10.3. The van der Waals surface area contributed by atoms with Crippen molar-refractivity contribution in [1.82, 2.24) is 4.72 Å². The third-order valence-electron chi connectivity index (χ3n) is 5.95. The maximum Gasteiger partial charge on any atom is 0.0432 e. The van der Waals surface area contributed by atoms with Gasteiger partial charge in [0.05, 0.1) is 0 Å². The molecule has 3 rings (SSSR count). The third-order valence-corrected chi connectivity index (χ3v) is 6.17. The van der Waals surface area contributed by atoms with Gasteiger partial charge < -0.3 is 10.7 Å². The molecular formula is C26H31N3S. The predicted molar refractivity (Wildman–Crippen MR) is 132 cm³/mol. The lowest BCUT2D eigenvalue weighted by Crippen LogP contribution is -2.33. The first-order valence-corrected chi connectivity index (χ1v) is 10.8. The Morgan fingerprint density at radius 1 is 1.17 bits per heavy atom. The molecular weight excluding hydrogens is 386 g/mol. The van der Waals surface area contributed by atoms with Crippen molar-refractivity contribution in [3.8, 4) is 0 Å². The molecule has 30 heavy (non-hydrogen) atoms. The highest BCUT2D eigenvalue weighted by Gasteiger charge is 2.39. The maximum absolute atomic E-state index is 8.12. The molecule has 2 aromatic carbocycles. The zero-order chi connectivity index (χ0) is 21.6. The molecule has 2 aromatic rings. The number of allylic oxidation sites excluding steroid dienone is 3. The van der Waals surface area contributed by atoms with Crippen LogP contribution in [0.25, 0.3) is 0 Å². The Balaban J connectivity index is 2.03. The Kier molecular flexibility index (Phi) is 7.35. The largest absolute Gasteiger partial charge is 0.355 e. The van der Waals surface area contributed by atoms with Crippen LogP contribution in [0.1, 0.15) is 30.9 Å². The Labute approximate surface area is 186 Å². The summed E-state index contributed by atoms with van der Waals surface area (Å²) in [5.74, 6) is 0. The van der Waals surface area contributed by atoms with Crippen molar-refractivity contribution in [3.05, 3.63) is 101 Å². The zero-order valence-corrected chi connectivity index (χ0v) is 18.7. The average Bonchev–Trinajstić information content (AvgIpc) is 2.75. The first kappa shape index (κ1) is 22.1. The van der Waals surface area contributed by atoms with Crippen LogP contribution in [0.2, 0.25) is 0 Å². The molecule has 0 radical (unpaired) electrons. The summed E-state index contributed by atoms with van der Waals surface area (Å²) in [6, 6.07) is 18.9. The van der Waals surface area contributed by atoms with Crippen LogP contribution in [-0.4, -0.2) is 12.8 Å². The van der Waals surface area contributed by atoms with Crippen molar-refractivity contribution in [2.24, 2.45) is 5.41 Å². The Hall–Kier alpha value is -2.56. The molecule has 156 valence electrons. The normalized spacial score (nSPS) is 18.7. The van der Waals surface area contributed by atoms with E-state index in [1.165, 1.54) is 22.9 Å². The van der Waals surface area contributed by atoms with E-state index in [1.54, 1.807) is 0 Å². The minimum Gasteiger partial charge on any atom is -0.355 e. The first-order chi connectivity index (χ1) is 14.5. The lowest BCUT2D eigenvalue weighted by Gasteiger charge is -2.41. The smallest absolute Gasteiger partial charge is 0.0432 e. The fraction of sp³-hybridized carbons (Fsp3) is 0.269. The van der Waals surface area contributed by atoms with Crippen molar-refractivity contribution < 1.29 is 0 Å². The Bertz CT molecular complexity index is 958. The molecule has 0 saturated carbocycles. The summed E-state index contributed by atoms with van der Waals surface area (Å²) >= 11 is 4.21. The molecule has 0 aromatic heterocycles. The monoisotopic (exact) mass is 417 g/mol. The van der Waals surface area contributed by atoms with Crippen LogP contribution >= 0.6 is 12.8 Å². The van der Waals surface area contributed by atoms with Crippen molar-refractivity contribution >= 4 is 24.7 Å². The molecule has 1 aliphatic rings. The summed E-state index contributed by atoms with van der Waals surface area (Å²) in [7, 11) is 0. The molecule has 0 bridgehead atoms. The number of aryl methyl sites for hydroxylation is 1. The lowest BCUT2D eigenvalue weighted by atomic mass is 9.63. The van der Waals surface area contributed by atoms with Crippen molar-refractivity contribution in [3.63, 3.8) is 0 Å². The van der Waals surface area contributed by atoms with Gasteiger partial charge in [0.1, 0.15) is 0 Å². The van der Waals surface area contributed by atoms with Gasteiger partial charge in [-0.3, -0.25) is 4.72 Å². The molecule has 0 saturated heterocycles. The number of thiol groups is 1.